The molecule has 0 aromatic carbocycles. The van der Waals surface area contributed by atoms with E-state index in [0.29, 0.717) is 19.8 Å². The predicted octanol–water partition coefficient (Wildman–Crippen LogP) is 3.37. The Labute approximate surface area is 180 Å². The van der Waals surface area contributed by atoms with Crippen LogP contribution < -0.4 is 0 Å². The zero-order valence-electron chi connectivity index (χ0n) is 16.3. The zero-order valence-corrected chi connectivity index (χ0v) is 17.1. The zero-order chi connectivity index (χ0) is 22.4. The number of carbonyl (C=O) groups is 2. The standard InChI is InChI=1S/C18H20N2O3S.C2HF3O2/c21-18(14-5-9-24-12-14)20-7-8-22-16-4-3-15(20)17(16)23-11-13-2-1-6-19-10-13;3-2(4,5)1(6)7/h1-2,5-6,9-10,12,15-17H,3-4,7-8,11H2;(H,6,7). The fourth-order valence-electron chi connectivity index (χ4n) is 3.59. The Bertz CT molecular complexity index is 863. The van der Waals surface area contributed by atoms with E-state index < -0.39 is 12.1 Å². The van der Waals surface area contributed by atoms with Gasteiger partial charge in [-0.05, 0) is 35.9 Å². The summed E-state index contributed by atoms with van der Waals surface area (Å²) in [5, 5.41) is 11.0. The summed E-state index contributed by atoms with van der Waals surface area (Å²) < 4.78 is 43.9. The van der Waals surface area contributed by atoms with Gasteiger partial charge < -0.3 is 19.5 Å². The molecule has 0 spiro atoms. The molecule has 3 atom stereocenters. The monoisotopic (exact) mass is 458 g/mol. The minimum Gasteiger partial charge on any atom is -0.475 e. The van der Waals surface area contributed by atoms with Gasteiger partial charge in [-0.15, -0.1) is 0 Å². The molecule has 3 unspecified atom stereocenters. The lowest BCUT2D eigenvalue weighted by atomic mass is 10.1. The van der Waals surface area contributed by atoms with E-state index in [9.17, 15) is 18.0 Å². The number of pyridine rings is 1. The minimum atomic E-state index is -5.08. The number of hydrogen-bond acceptors (Lipinski definition) is 6. The van der Waals surface area contributed by atoms with Gasteiger partial charge in [0.25, 0.3) is 5.91 Å². The highest BCUT2D eigenvalue weighted by atomic mass is 32.1. The average Bonchev–Trinajstić information content (AvgIpc) is 3.35. The second kappa shape index (κ2) is 10.2. The van der Waals surface area contributed by atoms with Crippen molar-refractivity contribution in [1.29, 1.82) is 0 Å². The molecule has 2 aliphatic rings. The number of carboxylic acids is 1. The Morgan fingerprint density at radius 3 is 2.71 bits per heavy atom. The van der Waals surface area contributed by atoms with Crippen LogP contribution in [0.4, 0.5) is 13.2 Å². The van der Waals surface area contributed by atoms with E-state index in [1.165, 1.54) is 0 Å². The van der Waals surface area contributed by atoms with Crippen LogP contribution in [0.1, 0.15) is 28.8 Å². The number of thiophene rings is 1. The molecule has 3 heterocycles. The topological polar surface area (TPSA) is 89.0 Å². The van der Waals surface area contributed by atoms with Crippen LogP contribution >= 0.6 is 11.3 Å². The van der Waals surface area contributed by atoms with E-state index in [0.717, 1.165) is 24.0 Å². The first-order valence-electron chi connectivity index (χ1n) is 9.52. The molecule has 11 heteroatoms. The summed E-state index contributed by atoms with van der Waals surface area (Å²) in [5.74, 6) is -2.67. The van der Waals surface area contributed by atoms with Gasteiger partial charge in [0.1, 0.15) is 6.10 Å². The molecule has 1 aliphatic carbocycles. The molecule has 1 aliphatic heterocycles. The molecule has 1 N–H and O–H groups in total. The van der Waals surface area contributed by atoms with Crippen molar-refractivity contribution in [2.24, 2.45) is 0 Å². The van der Waals surface area contributed by atoms with Gasteiger partial charge in [-0.2, -0.15) is 24.5 Å². The third-order valence-electron chi connectivity index (χ3n) is 4.99. The Kier molecular flexibility index (Phi) is 7.63. The number of alkyl halides is 3. The fourth-order valence-corrected chi connectivity index (χ4v) is 4.22. The number of nitrogens with zero attached hydrogens (tertiary/aromatic N) is 2. The van der Waals surface area contributed by atoms with Crippen molar-refractivity contribution in [3.63, 3.8) is 0 Å². The number of carbonyl (C=O) groups excluding carboxylic acids is 1. The van der Waals surface area contributed by atoms with Crippen molar-refractivity contribution in [3.05, 3.63) is 52.5 Å². The molecule has 31 heavy (non-hydrogen) atoms. The average molecular weight is 458 g/mol. The molecule has 0 radical (unpaired) electrons. The number of hydrogen-bond donors (Lipinski definition) is 1. The number of aromatic nitrogens is 1. The Hall–Kier alpha value is -2.50. The van der Waals surface area contributed by atoms with Crippen LogP contribution in [0, 0.1) is 0 Å². The van der Waals surface area contributed by atoms with Gasteiger partial charge in [-0.25, -0.2) is 4.79 Å². The summed E-state index contributed by atoms with van der Waals surface area (Å²) in [6.45, 7) is 1.70. The van der Waals surface area contributed by atoms with Crippen LogP contribution in [-0.2, 0) is 20.9 Å². The van der Waals surface area contributed by atoms with Crippen LogP contribution in [0.5, 0.6) is 0 Å². The molecule has 1 amide bonds. The number of carboxylic acid groups (broad SMARTS) is 1. The van der Waals surface area contributed by atoms with Gasteiger partial charge in [-0.3, -0.25) is 9.78 Å². The van der Waals surface area contributed by atoms with Crippen LogP contribution in [0.2, 0.25) is 0 Å². The molecule has 2 aromatic heterocycles. The fraction of sp³-hybridized carbons (Fsp3) is 0.450. The molecule has 4 rings (SSSR count). The van der Waals surface area contributed by atoms with E-state index in [-0.39, 0.29) is 24.2 Å². The summed E-state index contributed by atoms with van der Waals surface area (Å²) in [5.41, 5.74) is 1.80. The summed E-state index contributed by atoms with van der Waals surface area (Å²) >= 11 is 1.55. The Morgan fingerprint density at radius 2 is 2.10 bits per heavy atom. The summed E-state index contributed by atoms with van der Waals surface area (Å²) in [6, 6.07) is 5.88. The second-order valence-corrected chi connectivity index (χ2v) is 7.78. The van der Waals surface area contributed by atoms with Crippen LogP contribution in [0.3, 0.4) is 0 Å². The van der Waals surface area contributed by atoms with Crippen molar-refractivity contribution in [2.45, 2.75) is 43.9 Å². The largest absolute Gasteiger partial charge is 0.490 e. The third kappa shape index (κ3) is 6.02. The normalized spacial score (nSPS) is 22.9. The number of fused-ring (bicyclic) bond motifs is 2. The second-order valence-electron chi connectivity index (χ2n) is 7.00. The quantitative estimate of drug-likeness (QED) is 0.756. The Morgan fingerprint density at radius 1 is 1.32 bits per heavy atom. The molecule has 1 saturated heterocycles. The van der Waals surface area contributed by atoms with E-state index in [2.05, 4.69) is 4.98 Å². The van der Waals surface area contributed by atoms with Gasteiger partial charge in [0.05, 0.1) is 30.9 Å². The maximum Gasteiger partial charge on any atom is 0.490 e. The maximum atomic E-state index is 12.8. The molecule has 7 nitrogen and oxygen atoms in total. The molecule has 2 aromatic rings. The molecule has 168 valence electrons. The molecular formula is C20H21F3N2O5S. The maximum absolute atomic E-state index is 12.8. The Balaban J connectivity index is 0.000000339. The lowest BCUT2D eigenvalue weighted by Crippen LogP contribution is -2.46. The van der Waals surface area contributed by atoms with Crippen molar-refractivity contribution in [2.75, 3.05) is 13.2 Å². The predicted molar refractivity (Wildman–Crippen MR) is 105 cm³/mol. The molecular weight excluding hydrogens is 437 g/mol. The highest BCUT2D eigenvalue weighted by molar-refractivity contribution is 7.08. The van der Waals surface area contributed by atoms with E-state index in [4.69, 9.17) is 19.4 Å². The van der Waals surface area contributed by atoms with Crippen molar-refractivity contribution >= 4 is 23.2 Å². The first kappa shape index (κ1) is 23.2. The smallest absolute Gasteiger partial charge is 0.475 e. The summed E-state index contributed by atoms with van der Waals surface area (Å²) in [4.78, 5) is 27.8. The summed E-state index contributed by atoms with van der Waals surface area (Å²) in [6.07, 6.45) is 0.354. The lowest BCUT2D eigenvalue weighted by molar-refractivity contribution is -0.192. The highest BCUT2D eigenvalue weighted by Gasteiger charge is 2.45. The minimum absolute atomic E-state index is 0.0738. The molecule has 2 fully saturated rings. The van der Waals surface area contributed by atoms with Gasteiger partial charge in [0, 0.05) is 24.3 Å². The summed E-state index contributed by atoms with van der Waals surface area (Å²) in [7, 11) is 0. The van der Waals surface area contributed by atoms with Crippen molar-refractivity contribution in [3.8, 4) is 0 Å². The van der Waals surface area contributed by atoms with Crippen LogP contribution in [0.25, 0.3) is 0 Å². The highest BCUT2D eigenvalue weighted by Crippen LogP contribution is 2.33. The van der Waals surface area contributed by atoms with E-state index >= 15 is 0 Å². The van der Waals surface area contributed by atoms with Gasteiger partial charge in [0.15, 0.2) is 0 Å². The van der Waals surface area contributed by atoms with Gasteiger partial charge in [-0.1, -0.05) is 6.07 Å². The number of amides is 1. The van der Waals surface area contributed by atoms with E-state index in [1.807, 2.05) is 40.1 Å². The van der Waals surface area contributed by atoms with Crippen LogP contribution in [0.15, 0.2) is 41.4 Å². The van der Waals surface area contributed by atoms with Crippen LogP contribution in [-0.4, -0.2) is 64.4 Å². The number of ether oxygens (including phenoxy) is 2. The van der Waals surface area contributed by atoms with Crippen molar-refractivity contribution in [1.82, 2.24) is 9.88 Å². The first-order valence-corrected chi connectivity index (χ1v) is 10.5. The molecule has 2 bridgehead atoms. The molecule has 1 saturated carbocycles. The van der Waals surface area contributed by atoms with Gasteiger partial charge in [0.2, 0.25) is 0 Å². The lowest BCUT2D eigenvalue weighted by Gasteiger charge is -2.31. The SMILES string of the molecule is O=C(O)C(F)(F)F.O=C(c1ccsc1)N1CCOC2CCC1C2OCc1cccnc1. The number of aliphatic carboxylic acids is 1. The first-order chi connectivity index (χ1) is 14.8. The van der Waals surface area contributed by atoms with Crippen molar-refractivity contribution < 1.29 is 37.3 Å². The third-order valence-corrected chi connectivity index (χ3v) is 5.68. The van der Waals surface area contributed by atoms with Gasteiger partial charge >= 0.3 is 12.1 Å². The van der Waals surface area contributed by atoms with E-state index in [1.54, 1.807) is 17.5 Å². The number of halogens is 3. The number of rotatable bonds is 4.